The number of benzene rings is 1. The van der Waals surface area contributed by atoms with Crippen LogP contribution in [0.1, 0.15) is 21.6 Å². The Hall–Kier alpha value is -2.19. The second kappa shape index (κ2) is 6.12. The fraction of sp³-hybridized carbons (Fsp3) is 0.0714. The minimum Gasteiger partial charge on any atom is -0.489 e. The number of pyridine rings is 1. The number of nitriles is 1. The predicted octanol–water partition coefficient (Wildman–Crippen LogP) is 3.11. The lowest BCUT2D eigenvalue weighted by atomic mass is 10.2. The van der Waals surface area contributed by atoms with Gasteiger partial charge in [0.2, 0.25) is 0 Å². The van der Waals surface area contributed by atoms with E-state index in [1.165, 1.54) is 0 Å². The van der Waals surface area contributed by atoms with Crippen molar-refractivity contribution in [2.24, 2.45) is 0 Å². The highest BCUT2D eigenvalue weighted by atomic mass is 79.9. The van der Waals surface area contributed by atoms with Gasteiger partial charge < -0.3 is 4.74 Å². The molecule has 0 unspecified atom stereocenters. The van der Waals surface area contributed by atoms with Crippen LogP contribution in [0.15, 0.2) is 41.0 Å². The van der Waals surface area contributed by atoms with E-state index < -0.39 is 0 Å². The summed E-state index contributed by atoms with van der Waals surface area (Å²) in [4.78, 5) is 14.8. The highest BCUT2D eigenvalue weighted by molar-refractivity contribution is 9.10. The third-order valence-corrected chi connectivity index (χ3v) is 3.21. The molecule has 1 aromatic heterocycles. The molecule has 4 nitrogen and oxygen atoms in total. The van der Waals surface area contributed by atoms with Crippen LogP contribution in [0.5, 0.6) is 5.75 Å². The van der Waals surface area contributed by atoms with Gasteiger partial charge >= 0.3 is 0 Å². The van der Waals surface area contributed by atoms with Crippen molar-refractivity contribution in [1.29, 1.82) is 5.26 Å². The fourth-order valence-electron chi connectivity index (χ4n) is 1.52. The monoisotopic (exact) mass is 316 g/mol. The minimum absolute atomic E-state index is 0.233. The summed E-state index contributed by atoms with van der Waals surface area (Å²) in [5.74, 6) is 0.568. The summed E-state index contributed by atoms with van der Waals surface area (Å²) in [6, 6.07) is 10.7. The lowest BCUT2D eigenvalue weighted by Gasteiger charge is -2.08. The Labute approximate surface area is 118 Å². The van der Waals surface area contributed by atoms with E-state index in [0.717, 1.165) is 6.29 Å². The number of rotatable bonds is 4. The molecule has 0 saturated carbocycles. The second-order valence-corrected chi connectivity index (χ2v) is 4.57. The first-order valence-electron chi connectivity index (χ1n) is 5.46. The molecule has 0 N–H and O–H groups in total. The van der Waals surface area contributed by atoms with Crippen LogP contribution in [0.2, 0.25) is 0 Å². The molecule has 0 radical (unpaired) electrons. The Kier molecular flexibility index (Phi) is 4.26. The van der Waals surface area contributed by atoms with E-state index in [0.29, 0.717) is 27.0 Å². The Bertz CT molecular complexity index is 650. The number of hydrogen-bond donors (Lipinski definition) is 0. The summed E-state index contributed by atoms with van der Waals surface area (Å²) in [6.07, 6.45) is 2.31. The average Bonchev–Trinajstić information content (AvgIpc) is 2.46. The van der Waals surface area contributed by atoms with E-state index >= 15 is 0 Å². The minimum atomic E-state index is 0.233. The van der Waals surface area contributed by atoms with Crippen molar-refractivity contribution >= 4 is 22.2 Å². The number of ether oxygens (including phenoxy) is 1. The molecule has 1 aromatic carbocycles. The third kappa shape index (κ3) is 3.18. The molecule has 0 atom stereocenters. The maximum Gasteiger partial charge on any atom is 0.151 e. The number of carbonyl (C=O) groups is 1. The van der Waals surface area contributed by atoms with Crippen LogP contribution in [0.25, 0.3) is 0 Å². The molecule has 19 heavy (non-hydrogen) atoms. The normalized spacial score (nSPS) is 9.68. The first-order chi connectivity index (χ1) is 9.24. The van der Waals surface area contributed by atoms with Crippen molar-refractivity contribution < 1.29 is 9.53 Å². The molecule has 0 amide bonds. The highest BCUT2D eigenvalue weighted by Crippen LogP contribution is 2.22. The van der Waals surface area contributed by atoms with Crippen LogP contribution in [0, 0.1) is 11.3 Å². The maximum absolute atomic E-state index is 10.8. The Balaban J connectivity index is 2.15. The smallest absolute Gasteiger partial charge is 0.151 e. The zero-order chi connectivity index (χ0) is 13.7. The van der Waals surface area contributed by atoms with Gasteiger partial charge in [0.15, 0.2) is 6.29 Å². The lowest BCUT2D eigenvalue weighted by molar-refractivity contribution is 0.112. The quantitative estimate of drug-likeness (QED) is 0.813. The van der Waals surface area contributed by atoms with Crippen molar-refractivity contribution in [3.05, 3.63) is 57.8 Å². The number of nitrogens with zero attached hydrogens (tertiary/aromatic N) is 2. The third-order valence-electron chi connectivity index (χ3n) is 2.49. The Morgan fingerprint density at radius 3 is 3.00 bits per heavy atom. The van der Waals surface area contributed by atoms with Gasteiger partial charge in [-0.1, -0.05) is 22.0 Å². The van der Waals surface area contributed by atoms with Crippen molar-refractivity contribution in [3.8, 4) is 11.8 Å². The van der Waals surface area contributed by atoms with Crippen LogP contribution < -0.4 is 4.74 Å². The Morgan fingerprint density at radius 1 is 1.42 bits per heavy atom. The summed E-state index contributed by atoms with van der Waals surface area (Å²) in [7, 11) is 0. The molecular formula is C14H9BrN2O2. The van der Waals surface area contributed by atoms with Gasteiger partial charge in [-0.3, -0.25) is 4.79 Å². The molecule has 0 saturated heterocycles. The van der Waals surface area contributed by atoms with E-state index in [1.54, 1.807) is 36.5 Å². The standard InChI is InChI=1S/C14H9BrN2O2/c15-13-4-3-12(6-11(13)8-18)19-9-10-2-1-5-17-14(10)7-16/h1-6,8H,9H2. The molecule has 94 valence electrons. The Morgan fingerprint density at radius 2 is 2.26 bits per heavy atom. The topological polar surface area (TPSA) is 63.0 Å². The maximum atomic E-state index is 10.8. The molecule has 0 aliphatic heterocycles. The molecule has 0 fully saturated rings. The molecular weight excluding hydrogens is 308 g/mol. The van der Waals surface area contributed by atoms with Crippen molar-refractivity contribution in [1.82, 2.24) is 4.98 Å². The molecule has 2 aromatic rings. The molecule has 0 bridgehead atoms. The fourth-order valence-corrected chi connectivity index (χ4v) is 1.86. The van der Waals surface area contributed by atoms with Gasteiger partial charge in [0.25, 0.3) is 0 Å². The van der Waals surface area contributed by atoms with E-state index in [2.05, 4.69) is 20.9 Å². The summed E-state index contributed by atoms with van der Waals surface area (Å²) >= 11 is 3.27. The van der Waals surface area contributed by atoms with Crippen LogP contribution in [0.3, 0.4) is 0 Å². The van der Waals surface area contributed by atoms with Crippen molar-refractivity contribution in [2.45, 2.75) is 6.61 Å². The zero-order valence-electron chi connectivity index (χ0n) is 9.84. The van der Waals surface area contributed by atoms with E-state index in [-0.39, 0.29) is 6.61 Å². The summed E-state index contributed by atoms with van der Waals surface area (Å²) in [5.41, 5.74) is 1.57. The van der Waals surface area contributed by atoms with Crippen LogP contribution in [-0.4, -0.2) is 11.3 Å². The van der Waals surface area contributed by atoms with Crippen LogP contribution >= 0.6 is 15.9 Å². The molecule has 5 heteroatoms. The highest BCUT2D eigenvalue weighted by Gasteiger charge is 2.05. The van der Waals surface area contributed by atoms with Gasteiger partial charge in [0.1, 0.15) is 24.1 Å². The van der Waals surface area contributed by atoms with E-state index in [4.69, 9.17) is 10.00 Å². The first-order valence-corrected chi connectivity index (χ1v) is 6.25. The van der Waals surface area contributed by atoms with Crippen molar-refractivity contribution in [3.63, 3.8) is 0 Å². The number of hydrogen-bond acceptors (Lipinski definition) is 4. The van der Waals surface area contributed by atoms with Crippen LogP contribution in [0.4, 0.5) is 0 Å². The van der Waals surface area contributed by atoms with Gasteiger partial charge in [-0.25, -0.2) is 4.98 Å². The zero-order valence-corrected chi connectivity index (χ0v) is 11.4. The van der Waals surface area contributed by atoms with Crippen LogP contribution in [-0.2, 0) is 6.61 Å². The number of aromatic nitrogens is 1. The molecule has 2 rings (SSSR count). The van der Waals surface area contributed by atoms with Gasteiger partial charge in [-0.2, -0.15) is 5.26 Å². The molecule has 0 aliphatic rings. The van der Waals surface area contributed by atoms with Gasteiger partial charge in [0.05, 0.1) is 0 Å². The van der Waals surface area contributed by atoms with E-state index in [9.17, 15) is 4.79 Å². The summed E-state index contributed by atoms with van der Waals surface area (Å²) in [6.45, 7) is 0.233. The second-order valence-electron chi connectivity index (χ2n) is 3.71. The van der Waals surface area contributed by atoms with E-state index in [1.807, 2.05) is 6.07 Å². The largest absolute Gasteiger partial charge is 0.489 e. The van der Waals surface area contributed by atoms with Gasteiger partial charge in [0, 0.05) is 21.8 Å². The average molecular weight is 317 g/mol. The summed E-state index contributed by atoms with van der Waals surface area (Å²) in [5, 5.41) is 8.91. The lowest BCUT2D eigenvalue weighted by Crippen LogP contribution is -2.00. The summed E-state index contributed by atoms with van der Waals surface area (Å²) < 4.78 is 6.28. The van der Waals surface area contributed by atoms with Gasteiger partial charge in [-0.05, 0) is 24.3 Å². The number of carbonyl (C=O) groups excluding carboxylic acids is 1. The molecule has 0 spiro atoms. The first kappa shape index (κ1) is 13.2. The SMILES string of the molecule is N#Cc1ncccc1COc1ccc(Br)c(C=O)c1. The predicted molar refractivity (Wildman–Crippen MR) is 72.8 cm³/mol. The number of halogens is 1. The molecule has 1 heterocycles. The molecule has 0 aliphatic carbocycles. The van der Waals surface area contributed by atoms with Crippen molar-refractivity contribution in [2.75, 3.05) is 0 Å². The number of aldehydes is 1. The van der Waals surface area contributed by atoms with Gasteiger partial charge in [-0.15, -0.1) is 0 Å².